The molecule has 4 N–H and O–H groups in total. The number of anilines is 2. The van der Waals surface area contributed by atoms with Gasteiger partial charge in [0, 0.05) is 26.7 Å². The molecule has 0 radical (unpaired) electrons. The largest absolute Gasteiger partial charge is 0.396 e. The molecule has 0 fully saturated rings. The van der Waals surface area contributed by atoms with Crippen LogP contribution in [0.1, 0.15) is 33.1 Å². The predicted octanol–water partition coefficient (Wildman–Crippen LogP) is 0.360. The van der Waals surface area contributed by atoms with E-state index >= 15 is 0 Å². The van der Waals surface area contributed by atoms with Gasteiger partial charge in [0.1, 0.15) is 11.5 Å². The molecular formula is C14H26N4O3. The number of hydrogen-bond donors (Lipinski definition) is 3. The first-order chi connectivity index (χ1) is 9.90. The second-order valence-electron chi connectivity index (χ2n) is 5.62. The van der Waals surface area contributed by atoms with E-state index in [0.717, 1.165) is 23.8 Å². The number of nitrogens with one attached hydrogen (secondary N) is 1. The summed E-state index contributed by atoms with van der Waals surface area (Å²) in [5.41, 5.74) is 5.47. The molecule has 0 spiro atoms. The molecule has 7 heteroatoms. The summed E-state index contributed by atoms with van der Waals surface area (Å²) in [5.74, 6) is 0.443. The van der Waals surface area contributed by atoms with Gasteiger partial charge in [-0.1, -0.05) is 13.8 Å². The molecule has 21 heavy (non-hydrogen) atoms. The van der Waals surface area contributed by atoms with E-state index in [1.54, 1.807) is 0 Å². The third kappa shape index (κ3) is 4.35. The number of aliphatic hydroxyl groups is 1. The fraction of sp³-hybridized carbons (Fsp3) is 0.714. The molecule has 1 aromatic rings. The lowest BCUT2D eigenvalue weighted by molar-refractivity contribution is 0.283. The SMILES string of the molecule is CC(C)Cn1c(N)c(NCCCCCO)c(=O)n(C)c1=O. The van der Waals surface area contributed by atoms with Crippen molar-refractivity contribution in [2.24, 2.45) is 13.0 Å². The number of nitrogens with two attached hydrogens (primary N) is 1. The van der Waals surface area contributed by atoms with Crippen LogP contribution in [0.15, 0.2) is 9.59 Å². The second kappa shape index (κ2) is 7.87. The number of nitrogens with zero attached hydrogens (tertiary/aromatic N) is 2. The van der Waals surface area contributed by atoms with Gasteiger partial charge in [-0.15, -0.1) is 0 Å². The average Bonchev–Trinajstić information content (AvgIpc) is 2.44. The number of hydrogen-bond acceptors (Lipinski definition) is 5. The van der Waals surface area contributed by atoms with Crippen molar-refractivity contribution in [1.82, 2.24) is 9.13 Å². The van der Waals surface area contributed by atoms with Crippen molar-refractivity contribution < 1.29 is 5.11 Å². The monoisotopic (exact) mass is 298 g/mol. The van der Waals surface area contributed by atoms with E-state index in [9.17, 15) is 9.59 Å². The second-order valence-corrected chi connectivity index (χ2v) is 5.62. The van der Waals surface area contributed by atoms with Gasteiger partial charge in [-0.2, -0.15) is 0 Å². The molecular weight excluding hydrogens is 272 g/mol. The Bertz CT molecular complexity index is 575. The van der Waals surface area contributed by atoms with Gasteiger partial charge in [-0.05, 0) is 25.2 Å². The molecule has 1 rings (SSSR count). The van der Waals surface area contributed by atoms with Gasteiger partial charge in [0.15, 0.2) is 0 Å². The minimum atomic E-state index is -0.403. The van der Waals surface area contributed by atoms with Crippen LogP contribution in [0, 0.1) is 5.92 Å². The van der Waals surface area contributed by atoms with Gasteiger partial charge in [-0.3, -0.25) is 13.9 Å². The normalized spacial score (nSPS) is 11.1. The van der Waals surface area contributed by atoms with E-state index < -0.39 is 11.2 Å². The molecule has 0 bridgehead atoms. The molecule has 0 amide bonds. The Hall–Kier alpha value is -1.76. The Morgan fingerprint density at radius 2 is 1.90 bits per heavy atom. The van der Waals surface area contributed by atoms with Crippen LogP contribution in [0.25, 0.3) is 0 Å². The van der Waals surface area contributed by atoms with Gasteiger partial charge >= 0.3 is 5.69 Å². The predicted molar refractivity (Wildman–Crippen MR) is 84.6 cm³/mol. The third-order valence-corrected chi connectivity index (χ3v) is 3.27. The molecule has 0 unspecified atom stereocenters. The fourth-order valence-electron chi connectivity index (χ4n) is 2.12. The molecule has 0 aliphatic heterocycles. The number of aromatic nitrogens is 2. The molecule has 1 aromatic heterocycles. The van der Waals surface area contributed by atoms with Crippen molar-refractivity contribution in [1.29, 1.82) is 0 Å². The van der Waals surface area contributed by atoms with Crippen LogP contribution < -0.4 is 22.3 Å². The van der Waals surface area contributed by atoms with Crippen molar-refractivity contribution in [2.45, 2.75) is 39.7 Å². The van der Waals surface area contributed by atoms with E-state index in [2.05, 4.69) is 5.32 Å². The number of nitrogen functional groups attached to an aromatic ring is 1. The molecule has 0 atom stereocenters. The number of rotatable bonds is 8. The first-order valence-corrected chi connectivity index (χ1v) is 7.34. The first kappa shape index (κ1) is 17.3. The molecule has 0 aliphatic carbocycles. The molecule has 1 heterocycles. The maximum Gasteiger partial charge on any atom is 0.332 e. The lowest BCUT2D eigenvalue weighted by Crippen LogP contribution is -2.41. The van der Waals surface area contributed by atoms with Crippen LogP contribution in [0.2, 0.25) is 0 Å². The van der Waals surface area contributed by atoms with Crippen LogP contribution in [-0.2, 0) is 13.6 Å². The van der Waals surface area contributed by atoms with E-state index in [1.165, 1.54) is 11.6 Å². The number of aliphatic hydroxyl groups excluding tert-OH is 1. The Morgan fingerprint density at radius 3 is 2.48 bits per heavy atom. The topological polar surface area (TPSA) is 102 Å². The van der Waals surface area contributed by atoms with Crippen molar-refractivity contribution in [3.05, 3.63) is 20.8 Å². The first-order valence-electron chi connectivity index (χ1n) is 7.34. The molecule has 7 nitrogen and oxygen atoms in total. The summed E-state index contributed by atoms with van der Waals surface area (Å²) in [7, 11) is 1.46. The standard InChI is InChI=1S/C14H26N4O3/c1-10(2)9-18-12(15)11(13(20)17(3)14(18)21)16-7-5-4-6-8-19/h10,16,19H,4-9,15H2,1-3H3. The molecule has 0 saturated heterocycles. The maximum atomic E-state index is 12.1. The van der Waals surface area contributed by atoms with Gasteiger partial charge < -0.3 is 16.2 Å². The van der Waals surface area contributed by atoms with E-state index in [0.29, 0.717) is 13.1 Å². The Labute approximate surface area is 124 Å². The summed E-state index contributed by atoms with van der Waals surface area (Å²) in [6.07, 6.45) is 2.43. The summed E-state index contributed by atoms with van der Waals surface area (Å²) in [5, 5.41) is 11.7. The van der Waals surface area contributed by atoms with Crippen LogP contribution in [-0.4, -0.2) is 27.4 Å². The van der Waals surface area contributed by atoms with Crippen LogP contribution in [0.4, 0.5) is 11.5 Å². The molecule has 0 saturated carbocycles. The minimum Gasteiger partial charge on any atom is -0.396 e. The van der Waals surface area contributed by atoms with Gasteiger partial charge in [0.05, 0.1) is 0 Å². The fourth-order valence-corrected chi connectivity index (χ4v) is 2.12. The summed E-state index contributed by atoms with van der Waals surface area (Å²) in [6, 6.07) is 0. The van der Waals surface area contributed by atoms with E-state index in [1.807, 2.05) is 13.8 Å². The highest BCUT2D eigenvalue weighted by molar-refractivity contribution is 5.60. The van der Waals surface area contributed by atoms with Crippen molar-refractivity contribution >= 4 is 11.5 Å². The summed E-state index contributed by atoms with van der Waals surface area (Å²) in [4.78, 5) is 24.2. The lowest BCUT2D eigenvalue weighted by atomic mass is 10.2. The Balaban J connectivity index is 3.00. The highest BCUT2D eigenvalue weighted by atomic mass is 16.3. The summed E-state index contributed by atoms with van der Waals surface area (Å²) >= 11 is 0. The Morgan fingerprint density at radius 1 is 1.24 bits per heavy atom. The van der Waals surface area contributed by atoms with Gasteiger partial charge in [0.25, 0.3) is 5.56 Å². The van der Waals surface area contributed by atoms with Gasteiger partial charge in [0.2, 0.25) is 0 Å². The van der Waals surface area contributed by atoms with Crippen molar-refractivity contribution in [3.8, 4) is 0 Å². The van der Waals surface area contributed by atoms with Crippen LogP contribution in [0.3, 0.4) is 0 Å². The minimum absolute atomic E-state index is 0.170. The van der Waals surface area contributed by atoms with Gasteiger partial charge in [-0.25, -0.2) is 4.79 Å². The van der Waals surface area contributed by atoms with E-state index in [-0.39, 0.29) is 24.0 Å². The Kier molecular flexibility index (Phi) is 6.48. The lowest BCUT2D eigenvalue weighted by Gasteiger charge is -2.17. The van der Waals surface area contributed by atoms with Crippen LogP contribution in [0.5, 0.6) is 0 Å². The number of unbranched alkanes of at least 4 members (excludes halogenated alkanes) is 2. The van der Waals surface area contributed by atoms with E-state index in [4.69, 9.17) is 10.8 Å². The summed E-state index contributed by atoms with van der Waals surface area (Å²) < 4.78 is 2.51. The highest BCUT2D eigenvalue weighted by Crippen LogP contribution is 2.12. The van der Waals surface area contributed by atoms with Crippen LogP contribution >= 0.6 is 0 Å². The molecule has 0 aromatic carbocycles. The average molecular weight is 298 g/mol. The quantitative estimate of drug-likeness (QED) is 0.601. The smallest absolute Gasteiger partial charge is 0.332 e. The van der Waals surface area contributed by atoms with Crippen molar-refractivity contribution in [2.75, 3.05) is 24.2 Å². The molecule has 120 valence electrons. The zero-order valence-electron chi connectivity index (χ0n) is 13.1. The highest BCUT2D eigenvalue weighted by Gasteiger charge is 2.15. The maximum absolute atomic E-state index is 12.1. The third-order valence-electron chi connectivity index (χ3n) is 3.27. The van der Waals surface area contributed by atoms with Crippen molar-refractivity contribution in [3.63, 3.8) is 0 Å². The molecule has 0 aliphatic rings. The zero-order chi connectivity index (χ0) is 16.0. The zero-order valence-corrected chi connectivity index (χ0v) is 13.1. The summed E-state index contributed by atoms with van der Waals surface area (Å²) in [6.45, 7) is 5.19.